The molecule has 3 aromatic carbocycles. The van der Waals surface area contributed by atoms with Crippen LogP contribution >= 0.6 is 0 Å². The number of hydrogen-bond donors (Lipinski definition) is 3. The second-order valence-corrected chi connectivity index (χ2v) is 9.72. The van der Waals surface area contributed by atoms with E-state index in [0.717, 1.165) is 38.7 Å². The molecule has 1 aliphatic carbocycles. The van der Waals surface area contributed by atoms with Gasteiger partial charge >= 0.3 is 12.1 Å². The molecular formula is C32H27N3O5. The fourth-order valence-corrected chi connectivity index (χ4v) is 5.24. The highest BCUT2D eigenvalue weighted by Crippen LogP contribution is 2.44. The third kappa shape index (κ3) is 5.11. The molecule has 0 aliphatic heterocycles. The first-order valence-electron chi connectivity index (χ1n) is 13.0. The Balaban J connectivity index is 1.12. The lowest BCUT2D eigenvalue weighted by atomic mass is 9.98. The number of aliphatic carboxylic acids is 1. The quantitative estimate of drug-likeness (QED) is 0.225. The molecule has 0 spiro atoms. The monoisotopic (exact) mass is 533 g/mol. The number of ether oxygens (including phenoxy) is 2. The minimum absolute atomic E-state index is 0.0572. The van der Waals surface area contributed by atoms with Crippen molar-refractivity contribution in [3.8, 4) is 17.0 Å². The Hall–Kier alpha value is -5.11. The second-order valence-electron chi connectivity index (χ2n) is 9.72. The molecule has 1 aliphatic rings. The molecule has 2 heterocycles. The molecule has 0 saturated carbocycles. The Morgan fingerprint density at radius 2 is 1.62 bits per heavy atom. The van der Waals surface area contributed by atoms with Crippen molar-refractivity contribution < 1.29 is 24.2 Å². The third-order valence-electron chi connectivity index (χ3n) is 7.21. The van der Waals surface area contributed by atoms with Crippen molar-refractivity contribution in [2.45, 2.75) is 25.0 Å². The molecule has 0 fully saturated rings. The van der Waals surface area contributed by atoms with Gasteiger partial charge in [0, 0.05) is 30.0 Å². The predicted octanol–water partition coefficient (Wildman–Crippen LogP) is 5.68. The van der Waals surface area contributed by atoms with E-state index in [1.807, 2.05) is 66.7 Å². The summed E-state index contributed by atoms with van der Waals surface area (Å²) in [6, 6.07) is 26.4. The van der Waals surface area contributed by atoms with E-state index in [0.29, 0.717) is 18.1 Å². The maximum Gasteiger partial charge on any atom is 0.407 e. The van der Waals surface area contributed by atoms with E-state index in [-0.39, 0.29) is 18.9 Å². The van der Waals surface area contributed by atoms with Gasteiger partial charge in [-0.3, -0.25) is 0 Å². The number of nitrogens with zero attached hydrogens (tertiary/aromatic N) is 1. The molecule has 1 unspecified atom stereocenters. The molecule has 8 nitrogen and oxygen atoms in total. The van der Waals surface area contributed by atoms with Crippen LogP contribution in [0.15, 0.2) is 97.3 Å². The highest BCUT2D eigenvalue weighted by atomic mass is 16.5. The lowest BCUT2D eigenvalue weighted by Crippen LogP contribution is -2.42. The molecule has 0 bridgehead atoms. The van der Waals surface area contributed by atoms with Gasteiger partial charge in [0.1, 0.15) is 19.3 Å². The molecule has 1 atom stereocenters. The summed E-state index contributed by atoms with van der Waals surface area (Å²) < 4.78 is 11.4. The van der Waals surface area contributed by atoms with Gasteiger partial charge in [-0.05, 0) is 33.4 Å². The number of rotatable bonds is 9. The average Bonchev–Trinajstić information content (AvgIpc) is 3.53. The molecule has 5 aromatic rings. The van der Waals surface area contributed by atoms with Crippen LogP contribution in [0, 0.1) is 0 Å². The smallest absolute Gasteiger partial charge is 0.407 e. The van der Waals surface area contributed by atoms with Crippen molar-refractivity contribution in [3.63, 3.8) is 0 Å². The van der Waals surface area contributed by atoms with Crippen LogP contribution in [0.2, 0.25) is 0 Å². The maximum atomic E-state index is 12.8. The van der Waals surface area contributed by atoms with E-state index in [1.54, 1.807) is 18.5 Å². The summed E-state index contributed by atoms with van der Waals surface area (Å²) in [6.07, 6.45) is 2.65. The Morgan fingerprint density at radius 1 is 0.950 bits per heavy atom. The van der Waals surface area contributed by atoms with Crippen LogP contribution in [0.25, 0.3) is 22.0 Å². The van der Waals surface area contributed by atoms with Gasteiger partial charge in [-0.2, -0.15) is 0 Å². The zero-order valence-corrected chi connectivity index (χ0v) is 21.5. The zero-order chi connectivity index (χ0) is 27.5. The van der Waals surface area contributed by atoms with Crippen molar-refractivity contribution in [1.29, 1.82) is 0 Å². The summed E-state index contributed by atoms with van der Waals surface area (Å²) in [5.74, 6) is -0.845. The third-order valence-corrected chi connectivity index (χ3v) is 7.21. The lowest BCUT2D eigenvalue weighted by Gasteiger charge is -2.17. The van der Waals surface area contributed by atoms with Gasteiger partial charge < -0.3 is 24.9 Å². The number of hydrogen-bond acceptors (Lipinski definition) is 5. The number of fused-ring (bicyclic) bond motifs is 4. The van der Waals surface area contributed by atoms with E-state index in [9.17, 15) is 14.7 Å². The number of pyridine rings is 1. The van der Waals surface area contributed by atoms with E-state index in [4.69, 9.17) is 9.47 Å². The maximum absolute atomic E-state index is 12.8. The van der Waals surface area contributed by atoms with E-state index >= 15 is 0 Å². The Kier molecular flexibility index (Phi) is 6.89. The SMILES string of the molecule is O=C(NC(Cc1c[nH]c2cnc(OCc3ccccc3)cc12)C(=O)O)OCC1c2ccccc2-c2ccccc21. The normalized spacial score (nSPS) is 12.9. The number of benzene rings is 3. The number of H-pyrrole nitrogens is 1. The average molecular weight is 534 g/mol. The van der Waals surface area contributed by atoms with Gasteiger partial charge in [0.05, 0.1) is 11.7 Å². The number of carbonyl (C=O) groups excluding carboxylic acids is 1. The highest BCUT2D eigenvalue weighted by molar-refractivity contribution is 5.86. The number of alkyl carbamates (subject to hydrolysis) is 1. The summed E-state index contributed by atoms with van der Waals surface area (Å²) in [7, 11) is 0. The van der Waals surface area contributed by atoms with Gasteiger partial charge in [0.25, 0.3) is 0 Å². The van der Waals surface area contributed by atoms with Crippen LogP contribution in [0.5, 0.6) is 5.88 Å². The van der Waals surface area contributed by atoms with E-state index in [2.05, 4.69) is 27.4 Å². The van der Waals surface area contributed by atoms with E-state index in [1.165, 1.54) is 0 Å². The molecule has 1 amide bonds. The Bertz CT molecular complexity index is 1640. The number of carboxylic acid groups (broad SMARTS) is 1. The second kappa shape index (κ2) is 10.9. The van der Waals surface area contributed by atoms with Crippen molar-refractivity contribution in [1.82, 2.24) is 15.3 Å². The minimum Gasteiger partial charge on any atom is -0.480 e. The van der Waals surface area contributed by atoms with Gasteiger partial charge in [0.2, 0.25) is 5.88 Å². The Labute approximate surface area is 230 Å². The first kappa shape index (κ1) is 25.2. The molecule has 2 aromatic heterocycles. The fraction of sp³-hybridized carbons (Fsp3) is 0.156. The van der Waals surface area contributed by atoms with Crippen LogP contribution in [-0.4, -0.2) is 39.8 Å². The topological polar surface area (TPSA) is 114 Å². The van der Waals surface area contributed by atoms with Crippen LogP contribution < -0.4 is 10.1 Å². The molecule has 200 valence electrons. The van der Waals surface area contributed by atoms with Gasteiger partial charge in [-0.15, -0.1) is 0 Å². The van der Waals surface area contributed by atoms with Gasteiger partial charge in [0.15, 0.2) is 0 Å². The van der Waals surface area contributed by atoms with E-state index < -0.39 is 18.1 Å². The zero-order valence-electron chi connectivity index (χ0n) is 21.5. The molecule has 6 rings (SSSR count). The number of carboxylic acids is 1. The molecular weight excluding hydrogens is 506 g/mol. The van der Waals surface area contributed by atoms with Crippen molar-refractivity contribution in [2.75, 3.05) is 6.61 Å². The first-order valence-corrected chi connectivity index (χ1v) is 13.0. The molecule has 3 N–H and O–H groups in total. The molecule has 40 heavy (non-hydrogen) atoms. The highest BCUT2D eigenvalue weighted by Gasteiger charge is 2.30. The fourth-order valence-electron chi connectivity index (χ4n) is 5.24. The van der Waals surface area contributed by atoms with Crippen LogP contribution in [0.3, 0.4) is 0 Å². The number of nitrogens with one attached hydrogen (secondary N) is 2. The Morgan fingerprint density at radius 3 is 2.33 bits per heavy atom. The van der Waals surface area contributed by atoms with Gasteiger partial charge in [-0.1, -0.05) is 78.9 Å². The summed E-state index contributed by atoms with van der Waals surface area (Å²) in [5, 5.41) is 13.2. The molecule has 0 radical (unpaired) electrons. The predicted molar refractivity (Wildman–Crippen MR) is 150 cm³/mol. The summed E-state index contributed by atoms with van der Waals surface area (Å²) in [4.78, 5) is 32.3. The van der Waals surface area contributed by atoms with Crippen molar-refractivity contribution in [3.05, 3.63) is 120 Å². The molecule has 0 saturated heterocycles. The summed E-state index contributed by atoms with van der Waals surface area (Å²) in [5.41, 5.74) is 6.89. The number of amides is 1. The van der Waals surface area contributed by atoms with Crippen molar-refractivity contribution >= 4 is 23.0 Å². The van der Waals surface area contributed by atoms with Gasteiger partial charge in [-0.25, -0.2) is 14.6 Å². The number of aromatic nitrogens is 2. The summed E-state index contributed by atoms with van der Waals surface area (Å²) >= 11 is 0. The van der Waals surface area contributed by atoms with Crippen LogP contribution in [0.4, 0.5) is 4.79 Å². The number of aromatic amines is 1. The van der Waals surface area contributed by atoms with Crippen LogP contribution in [0.1, 0.15) is 28.2 Å². The summed E-state index contributed by atoms with van der Waals surface area (Å²) in [6.45, 7) is 0.466. The lowest BCUT2D eigenvalue weighted by molar-refractivity contribution is -0.139. The van der Waals surface area contributed by atoms with Crippen molar-refractivity contribution in [2.24, 2.45) is 0 Å². The molecule has 8 heteroatoms. The number of carbonyl (C=O) groups is 2. The van der Waals surface area contributed by atoms with Crippen LogP contribution in [-0.2, 0) is 22.6 Å². The largest absolute Gasteiger partial charge is 0.480 e. The standard InChI is InChI=1S/C32H27N3O5/c36-31(37)28(14-21-16-33-29-17-34-30(15-26(21)29)39-18-20-8-2-1-3-9-20)35-32(38)40-19-27-24-12-6-4-10-22(24)23-11-5-7-13-25(23)27/h1-13,15-17,27-28,33H,14,18-19H2,(H,35,38)(H,36,37). The first-order chi connectivity index (χ1) is 19.6. The minimum atomic E-state index is -1.18.